The zero-order valence-electron chi connectivity index (χ0n) is 20.7. The van der Waals surface area contributed by atoms with Gasteiger partial charge < -0.3 is 14.4 Å². The maximum Gasteiger partial charge on any atom is 0.173 e. The number of benzene rings is 2. The molecule has 0 N–H and O–H groups in total. The first-order chi connectivity index (χ1) is 16.2. The molecule has 8 nitrogen and oxygen atoms in total. The molecule has 34 heavy (non-hydrogen) atoms. The third-order valence-electron chi connectivity index (χ3n) is 6.29. The zero-order chi connectivity index (χ0) is 24.5. The Hall–Kier alpha value is -2.84. The van der Waals surface area contributed by atoms with E-state index in [9.17, 15) is 0 Å². The van der Waals surface area contributed by atoms with Crippen molar-refractivity contribution >= 4 is 17.3 Å². The minimum atomic E-state index is -0.257. The van der Waals surface area contributed by atoms with Crippen molar-refractivity contribution in [2.45, 2.75) is 39.3 Å². The van der Waals surface area contributed by atoms with E-state index < -0.39 is 0 Å². The lowest BCUT2D eigenvalue weighted by Gasteiger charge is -2.41. The molecule has 2 heterocycles. The Morgan fingerprint density at radius 3 is 2.29 bits per heavy atom. The Morgan fingerprint density at radius 2 is 1.65 bits per heavy atom. The van der Waals surface area contributed by atoms with Crippen LogP contribution in [0.3, 0.4) is 0 Å². The fourth-order valence-corrected chi connectivity index (χ4v) is 4.70. The Bertz CT molecular complexity index is 1130. The van der Waals surface area contributed by atoms with Crippen LogP contribution < -0.4 is 14.4 Å². The number of hydrogen-bond acceptors (Lipinski definition) is 7. The Kier molecular flexibility index (Phi) is 7.00. The summed E-state index contributed by atoms with van der Waals surface area (Å²) in [5.74, 6) is 2.20. The average molecular weight is 485 g/mol. The van der Waals surface area contributed by atoms with Gasteiger partial charge in [0.15, 0.2) is 17.3 Å². The summed E-state index contributed by atoms with van der Waals surface area (Å²) in [6.45, 7) is 11.9. The lowest BCUT2D eigenvalue weighted by Crippen LogP contribution is -2.49. The summed E-state index contributed by atoms with van der Waals surface area (Å²) in [5.41, 5.74) is 3.22. The van der Waals surface area contributed by atoms with Gasteiger partial charge in [-0.05, 0) is 73.5 Å². The fraction of sp³-hybridized carbons (Fsp3) is 0.480. The van der Waals surface area contributed by atoms with Crippen molar-refractivity contribution in [2.75, 3.05) is 45.3 Å². The van der Waals surface area contributed by atoms with Gasteiger partial charge in [-0.3, -0.25) is 4.90 Å². The molecule has 3 aromatic rings. The molecular formula is C25H33ClN6O2. The van der Waals surface area contributed by atoms with Gasteiger partial charge in [-0.2, -0.15) is 0 Å². The van der Waals surface area contributed by atoms with E-state index in [0.29, 0.717) is 11.5 Å². The highest BCUT2D eigenvalue weighted by atomic mass is 35.5. The van der Waals surface area contributed by atoms with Gasteiger partial charge >= 0.3 is 0 Å². The first-order valence-corrected chi connectivity index (χ1v) is 11.9. The largest absolute Gasteiger partial charge is 0.493 e. The van der Waals surface area contributed by atoms with Gasteiger partial charge in [0.2, 0.25) is 0 Å². The summed E-state index contributed by atoms with van der Waals surface area (Å²) in [6, 6.07) is 12.0. The summed E-state index contributed by atoms with van der Waals surface area (Å²) < 4.78 is 13.0. The smallest absolute Gasteiger partial charge is 0.173 e. The molecule has 0 bridgehead atoms. The molecule has 9 heteroatoms. The number of nitrogens with zero attached hydrogens (tertiary/aromatic N) is 6. The topological polar surface area (TPSA) is 68.5 Å². The molecule has 1 aromatic heterocycles. The summed E-state index contributed by atoms with van der Waals surface area (Å²) in [5, 5.41) is 13.6. The van der Waals surface area contributed by atoms with Crippen LogP contribution >= 0.6 is 11.6 Å². The number of ether oxygens (including phenoxy) is 2. The molecule has 0 amide bonds. The number of tetrazole rings is 1. The number of rotatable bonds is 6. The molecule has 0 radical (unpaired) electrons. The number of halogens is 1. The summed E-state index contributed by atoms with van der Waals surface area (Å²) in [4.78, 5) is 4.83. The van der Waals surface area contributed by atoms with Crippen LogP contribution in [0.25, 0.3) is 0 Å². The highest BCUT2D eigenvalue weighted by molar-refractivity contribution is 6.30. The van der Waals surface area contributed by atoms with Gasteiger partial charge in [0.1, 0.15) is 0 Å². The van der Waals surface area contributed by atoms with Crippen LogP contribution in [-0.2, 0) is 5.54 Å². The summed E-state index contributed by atoms with van der Waals surface area (Å²) >= 11 is 6.29. The number of hydrogen-bond donors (Lipinski definition) is 0. The van der Waals surface area contributed by atoms with Gasteiger partial charge in [-0.1, -0.05) is 23.7 Å². The maximum atomic E-state index is 6.29. The van der Waals surface area contributed by atoms with Crippen LogP contribution in [0, 0.1) is 6.92 Å². The highest BCUT2D eigenvalue weighted by Crippen LogP contribution is 2.36. The quantitative estimate of drug-likeness (QED) is 0.516. The van der Waals surface area contributed by atoms with E-state index >= 15 is 0 Å². The van der Waals surface area contributed by atoms with Crippen molar-refractivity contribution < 1.29 is 9.47 Å². The molecule has 1 atom stereocenters. The Balaban J connectivity index is 1.69. The number of anilines is 1. The summed E-state index contributed by atoms with van der Waals surface area (Å²) in [6.07, 6.45) is 0. The third kappa shape index (κ3) is 4.83. The van der Waals surface area contributed by atoms with Gasteiger partial charge in [-0.15, -0.1) is 5.10 Å². The molecule has 0 aliphatic carbocycles. The minimum absolute atomic E-state index is 0.128. The first kappa shape index (κ1) is 24.3. The second-order valence-electron chi connectivity index (χ2n) is 9.59. The molecule has 0 saturated carbocycles. The van der Waals surface area contributed by atoms with E-state index in [2.05, 4.69) is 71.2 Å². The van der Waals surface area contributed by atoms with Crippen molar-refractivity contribution in [1.82, 2.24) is 25.1 Å². The van der Waals surface area contributed by atoms with Crippen LogP contribution in [0.2, 0.25) is 5.02 Å². The second-order valence-corrected chi connectivity index (χ2v) is 10.0. The molecule has 1 aliphatic heterocycles. The molecular weight excluding hydrogens is 452 g/mol. The normalized spacial score (nSPS) is 15.9. The van der Waals surface area contributed by atoms with E-state index in [4.69, 9.17) is 21.1 Å². The van der Waals surface area contributed by atoms with E-state index in [1.807, 2.05) is 22.9 Å². The molecule has 4 rings (SSSR count). The number of piperazine rings is 1. The molecule has 2 aromatic carbocycles. The van der Waals surface area contributed by atoms with Crippen molar-refractivity contribution in [3.8, 4) is 11.5 Å². The fourth-order valence-electron chi connectivity index (χ4n) is 4.53. The molecule has 0 spiro atoms. The predicted molar refractivity (Wildman–Crippen MR) is 134 cm³/mol. The molecule has 1 saturated heterocycles. The average Bonchev–Trinajstić information content (AvgIpc) is 3.31. The standard InChI is InChI=1S/C25H33ClN6O2/c1-17-7-9-19(26)16-20(17)30-11-13-31(14-12-30)23(24-27-28-29-32(24)25(2,3)4)18-8-10-21(33-5)22(15-18)34-6/h7-10,15-16,23H,11-14H2,1-6H3/t23-/m0/s1. The molecule has 182 valence electrons. The van der Waals surface area contributed by atoms with Crippen molar-refractivity contribution in [3.63, 3.8) is 0 Å². The van der Waals surface area contributed by atoms with Gasteiger partial charge in [-0.25, -0.2) is 4.68 Å². The van der Waals surface area contributed by atoms with E-state index in [1.54, 1.807) is 14.2 Å². The van der Waals surface area contributed by atoms with Gasteiger partial charge in [0.05, 0.1) is 25.8 Å². The van der Waals surface area contributed by atoms with E-state index in [-0.39, 0.29) is 11.6 Å². The lowest BCUT2D eigenvalue weighted by atomic mass is 10.0. The third-order valence-corrected chi connectivity index (χ3v) is 6.52. The Morgan fingerprint density at radius 1 is 0.941 bits per heavy atom. The second kappa shape index (κ2) is 9.80. The Labute approximate surface area is 206 Å². The minimum Gasteiger partial charge on any atom is -0.493 e. The van der Waals surface area contributed by atoms with E-state index in [1.165, 1.54) is 11.3 Å². The van der Waals surface area contributed by atoms with Gasteiger partial charge in [0, 0.05) is 36.9 Å². The number of aromatic nitrogens is 4. The molecule has 0 unspecified atom stereocenters. The summed E-state index contributed by atoms with van der Waals surface area (Å²) in [7, 11) is 3.30. The first-order valence-electron chi connectivity index (χ1n) is 11.5. The van der Waals surface area contributed by atoms with Crippen LogP contribution in [-0.4, -0.2) is 65.5 Å². The van der Waals surface area contributed by atoms with Crippen molar-refractivity contribution in [3.05, 3.63) is 58.4 Å². The van der Waals surface area contributed by atoms with Crippen LogP contribution in [0.15, 0.2) is 36.4 Å². The maximum absolute atomic E-state index is 6.29. The molecule has 1 fully saturated rings. The van der Waals surface area contributed by atoms with E-state index in [0.717, 1.165) is 42.6 Å². The SMILES string of the molecule is COc1ccc([C@@H](c2nnnn2C(C)(C)C)N2CCN(c3cc(Cl)ccc3C)CC2)cc1OC. The predicted octanol–water partition coefficient (Wildman–Crippen LogP) is 4.32. The van der Waals surface area contributed by atoms with Crippen LogP contribution in [0.1, 0.15) is 43.8 Å². The number of methoxy groups -OCH3 is 2. The monoisotopic (exact) mass is 484 g/mol. The highest BCUT2D eigenvalue weighted by Gasteiger charge is 2.34. The van der Waals surface area contributed by atoms with Crippen molar-refractivity contribution in [1.29, 1.82) is 0 Å². The molecule has 1 aliphatic rings. The van der Waals surface area contributed by atoms with Gasteiger partial charge in [0.25, 0.3) is 0 Å². The number of aryl methyl sites for hydroxylation is 1. The lowest BCUT2D eigenvalue weighted by molar-refractivity contribution is 0.191. The van der Waals surface area contributed by atoms with Crippen LogP contribution in [0.5, 0.6) is 11.5 Å². The van der Waals surface area contributed by atoms with Crippen LogP contribution in [0.4, 0.5) is 5.69 Å². The zero-order valence-corrected chi connectivity index (χ0v) is 21.5. The van der Waals surface area contributed by atoms with Crippen molar-refractivity contribution in [2.24, 2.45) is 0 Å².